The second-order valence-corrected chi connectivity index (χ2v) is 7.56. The van der Waals surface area contributed by atoms with Gasteiger partial charge in [-0.2, -0.15) is 5.10 Å². The lowest BCUT2D eigenvalue weighted by Gasteiger charge is -2.29. The molecule has 1 amide bonds. The standard InChI is InChI=1S/C19H22N6O4S/c1-13-9-14(2)22-19(21-13)30-12-18(26)23-20-11-15-10-16(25(27)28)3-4-17(15)24-5-7-29-8-6-24/h3-4,9-11H,5-8,12H2,1-2H3,(H,23,26)/b20-11-. The Morgan fingerprint density at radius 3 is 2.67 bits per heavy atom. The Bertz CT molecular complexity index is 942. The minimum absolute atomic E-state index is 0.0395. The Hall–Kier alpha value is -3.05. The number of nitro benzene ring substituents is 1. The second-order valence-electron chi connectivity index (χ2n) is 6.61. The highest BCUT2D eigenvalue weighted by atomic mass is 32.2. The topological polar surface area (TPSA) is 123 Å². The lowest BCUT2D eigenvalue weighted by atomic mass is 10.1. The first-order valence-corrected chi connectivity index (χ1v) is 10.3. The van der Waals surface area contributed by atoms with Gasteiger partial charge in [-0.1, -0.05) is 11.8 Å². The second kappa shape index (κ2) is 10.1. The number of hydrogen-bond donors (Lipinski definition) is 1. The number of carbonyl (C=O) groups excluding carboxylic acids is 1. The predicted octanol–water partition coefficient (Wildman–Crippen LogP) is 2.08. The lowest BCUT2D eigenvalue weighted by Crippen LogP contribution is -2.36. The van der Waals surface area contributed by atoms with Crippen LogP contribution in [0.4, 0.5) is 11.4 Å². The molecule has 30 heavy (non-hydrogen) atoms. The van der Waals surface area contributed by atoms with E-state index < -0.39 is 4.92 Å². The molecular formula is C19H22N6O4S. The largest absolute Gasteiger partial charge is 0.378 e. The van der Waals surface area contributed by atoms with Gasteiger partial charge in [0, 0.05) is 47.9 Å². The van der Waals surface area contributed by atoms with Crippen molar-refractivity contribution in [1.82, 2.24) is 15.4 Å². The maximum Gasteiger partial charge on any atom is 0.270 e. The van der Waals surface area contributed by atoms with Crippen LogP contribution in [0.5, 0.6) is 0 Å². The van der Waals surface area contributed by atoms with Gasteiger partial charge in [-0.15, -0.1) is 0 Å². The van der Waals surface area contributed by atoms with E-state index in [2.05, 4.69) is 25.4 Å². The molecule has 1 N–H and O–H groups in total. The van der Waals surface area contributed by atoms with E-state index >= 15 is 0 Å². The molecule has 0 spiro atoms. The maximum atomic E-state index is 12.1. The number of ether oxygens (including phenoxy) is 1. The molecule has 11 heteroatoms. The Kier molecular flexibility index (Phi) is 7.31. The highest BCUT2D eigenvalue weighted by Crippen LogP contribution is 2.25. The van der Waals surface area contributed by atoms with Crippen molar-refractivity contribution in [1.29, 1.82) is 0 Å². The van der Waals surface area contributed by atoms with E-state index in [-0.39, 0.29) is 17.3 Å². The van der Waals surface area contributed by atoms with Gasteiger partial charge in [-0.05, 0) is 26.0 Å². The number of rotatable bonds is 7. The number of nitrogens with zero attached hydrogens (tertiary/aromatic N) is 5. The average Bonchev–Trinajstić information content (AvgIpc) is 2.72. The van der Waals surface area contributed by atoms with E-state index in [9.17, 15) is 14.9 Å². The zero-order valence-corrected chi connectivity index (χ0v) is 17.5. The molecule has 0 unspecified atom stereocenters. The molecule has 1 aromatic heterocycles. The van der Waals surface area contributed by atoms with Crippen molar-refractivity contribution in [3.8, 4) is 0 Å². The molecule has 2 aromatic rings. The van der Waals surface area contributed by atoms with Gasteiger partial charge in [0.2, 0.25) is 0 Å². The molecule has 1 aliphatic rings. The maximum absolute atomic E-state index is 12.1. The molecule has 158 valence electrons. The van der Waals surface area contributed by atoms with Crippen LogP contribution in [0.2, 0.25) is 0 Å². The van der Waals surface area contributed by atoms with Gasteiger partial charge in [0.15, 0.2) is 5.16 Å². The summed E-state index contributed by atoms with van der Waals surface area (Å²) in [5, 5.41) is 15.6. The number of morpholine rings is 1. The van der Waals surface area contributed by atoms with Gasteiger partial charge >= 0.3 is 0 Å². The molecule has 3 rings (SSSR count). The summed E-state index contributed by atoms with van der Waals surface area (Å²) in [6.45, 7) is 6.27. The number of hydrogen-bond acceptors (Lipinski definition) is 9. The summed E-state index contributed by atoms with van der Waals surface area (Å²) < 4.78 is 5.36. The van der Waals surface area contributed by atoms with Gasteiger partial charge in [-0.3, -0.25) is 14.9 Å². The molecule has 2 heterocycles. The number of benzene rings is 1. The summed E-state index contributed by atoms with van der Waals surface area (Å²) in [5.41, 5.74) is 5.44. The summed E-state index contributed by atoms with van der Waals surface area (Å²) in [6, 6.07) is 6.46. The predicted molar refractivity (Wildman–Crippen MR) is 114 cm³/mol. The van der Waals surface area contributed by atoms with Crippen LogP contribution in [0, 0.1) is 24.0 Å². The van der Waals surface area contributed by atoms with Crippen LogP contribution >= 0.6 is 11.8 Å². The SMILES string of the molecule is Cc1cc(C)nc(SCC(=O)N/N=C\c2cc([N+](=O)[O-])ccc2N2CCOCC2)n1. The molecule has 0 saturated carbocycles. The Labute approximate surface area is 177 Å². The number of nitro groups is 1. The zero-order valence-electron chi connectivity index (χ0n) is 16.7. The minimum atomic E-state index is -0.459. The van der Waals surface area contributed by atoms with E-state index in [1.165, 1.54) is 30.1 Å². The summed E-state index contributed by atoms with van der Waals surface area (Å²) in [7, 11) is 0. The monoisotopic (exact) mass is 430 g/mol. The fraction of sp³-hybridized carbons (Fsp3) is 0.368. The van der Waals surface area contributed by atoms with Gasteiger partial charge in [0.1, 0.15) is 0 Å². The first-order valence-electron chi connectivity index (χ1n) is 9.30. The summed E-state index contributed by atoms with van der Waals surface area (Å²) in [4.78, 5) is 33.4. The highest BCUT2D eigenvalue weighted by molar-refractivity contribution is 7.99. The van der Waals surface area contributed by atoms with Gasteiger partial charge in [0.05, 0.1) is 30.1 Å². The van der Waals surface area contributed by atoms with E-state index in [4.69, 9.17) is 4.74 Å². The Balaban J connectivity index is 1.65. The van der Waals surface area contributed by atoms with Crippen LogP contribution in [-0.4, -0.2) is 59.1 Å². The van der Waals surface area contributed by atoms with Crippen molar-refractivity contribution in [2.24, 2.45) is 5.10 Å². The number of carbonyl (C=O) groups is 1. The van der Waals surface area contributed by atoms with Gasteiger partial charge in [-0.25, -0.2) is 15.4 Å². The number of aromatic nitrogens is 2. The van der Waals surface area contributed by atoms with E-state index in [1.54, 1.807) is 6.07 Å². The summed E-state index contributed by atoms with van der Waals surface area (Å²) >= 11 is 1.22. The summed E-state index contributed by atoms with van der Waals surface area (Å²) in [5.74, 6) is -0.219. The van der Waals surface area contributed by atoms with Crippen molar-refractivity contribution in [2.75, 3.05) is 37.0 Å². The van der Waals surface area contributed by atoms with E-state index in [0.29, 0.717) is 37.0 Å². The van der Waals surface area contributed by atoms with Crippen LogP contribution in [-0.2, 0) is 9.53 Å². The molecule has 1 fully saturated rings. The molecule has 1 aliphatic heterocycles. The van der Waals surface area contributed by atoms with Crippen LogP contribution in [0.1, 0.15) is 17.0 Å². The Morgan fingerprint density at radius 1 is 1.30 bits per heavy atom. The Morgan fingerprint density at radius 2 is 2.00 bits per heavy atom. The number of thioether (sulfide) groups is 1. The van der Waals surface area contributed by atoms with Crippen molar-refractivity contribution >= 4 is 35.3 Å². The van der Waals surface area contributed by atoms with Crippen LogP contribution in [0.3, 0.4) is 0 Å². The smallest absolute Gasteiger partial charge is 0.270 e. The van der Waals surface area contributed by atoms with E-state index in [1.807, 2.05) is 19.9 Å². The van der Waals surface area contributed by atoms with Crippen molar-refractivity contribution in [3.05, 3.63) is 51.3 Å². The molecule has 0 bridgehead atoms. The molecular weight excluding hydrogens is 408 g/mol. The normalized spacial score (nSPS) is 14.1. The fourth-order valence-electron chi connectivity index (χ4n) is 2.95. The first-order chi connectivity index (χ1) is 14.4. The molecule has 0 aliphatic carbocycles. The first kappa shape index (κ1) is 21.7. The zero-order chi connectivity index (χ0) is 21.5. The average molecular weight is 430 g/mol. The molecule has 1 aromatic carbocycles. The number of anilines is 1. The minimum Gasteiger partial charge on any atom is -0.378 e. The highest BCUT2D eigenvalue weighted by Gasteiger charge is 2.17. The number of nitrogens with one attached hydrogen (secondary N) is 1. The van der Waals surface area contributed by atoms with Gasteiger partial charge < -0.3 is 9.64 Å². The number of non-ortho nitro benzene ring substituents is 1. The van der Waals surface area contributed by atoms with Crippen LogP contribution in [0.25, 0.3) is 0 Å². The van der Waals surface area contributed by atoms with Gasteiger partial charge in [0.25, 0.3) is 11.6 Å². The van der Waals surface area contributed by atoms with Crippen molar-refractivity contribution < 1.29 is 14.5 Å². The number of aryl methyl sites for hydroxylation is 2. The molecule has 1 saturated heterocycles. The third-order valence-electron chi connectivity index (χ3n) is 4.26. The quantitative estimate of drug-likeness (QED) is 0.233. The van der Waals surface area contributed by atoms with Crippen molar-refractivity contribution in [3.63, 3.8) is 0 Å². The van der Waals surface area contributed by atoms with Crippen LogP contribution in [0.15, 0.2) is 34.5 Å². The van der Waals surface area contributed by atoms with Crippen molar-refractivity contribution in [2.45, 2.75) is 19.0 Å². The number of hydrazone groups is 1. The third-order valence-corrected chi connectivity index (χ3v) is 5.11. The van der Waals surface area contributed by atoms with E-state index in [0.717, 1.165) is 17.1 Å². The number of amides is 1. The molecule has 0 radical (unpaired) electrons. The fourth-order valence-corrected chi connectivity index (χ4v) is 3.69. The van der Waals surface area contributed by atoms with Crippen LogP contribution < -0.4 is 10.3 Å². The molecule has 10 nitrogen and oxygen atoms in total. The summed E-state index contributed by atoms with van der Waals surface area (Å²) in [6.07, 6.45) is 1.42. The lowest BCUT2D eigenvalue weighted by molar-refractivity contribution is -0.384. The molecule has 0 atom stereocenters. The third kappa shape index (κ3) is 5.97.